The van der Waals surface area contributed by atoms with E-state index in [1.165, 1.54) is 42.6 Å². The molecule has 1 saturated carbocycles. The third-order valence-corrected chi connectivity index (χ3v) is 8.47. The monoisotopic (exact) mass is 506 g/mol. The molecule has 1 aromatic carbocycles. The normalized spacial score (nSPS) is 25.8. The van der Waals surface area contributed by atoms with Gasteiger partial charge in [-0.2, -0.15) is 4.99 Å². The van der Waals surface area contributed by atoms with Crippen LogP contribution in [0.25, 0.3) is 11.5 Å². The van der Waals surface area contributed by atoms with Crippen LogP contribution < -0.4 is 5.32 Å². The molecule has 2 fully saturated rings. The van der Waals surface area contributed by atoms with Crippen molar-refractivity contribution in [3.8, 4) is 11.5 Å². The van der Waals surface area contributed by atoms with Gasteiger partial charge in [-0.1, -0.05) is 37.0 Å². The molecule has 5 rings (SSSR count). The van der Waals surface area contributed by atoms with E-state index in [0.717, 1.165) is 67.1 Å². The van der Waals surface area contributed by atoms with Crippen molar-refractivity contribution in [1.29, 1.82) is 0 Å². The fraction of sp³-hybridized carbons (Fsp3) is 0.571. The summed E-state index contributed by atoms with van der Waals surface area (Å²) < 4.78 is 6.10. The second kappa shape index (κ2) is 11.6. The smallest absolute Gasteiger partial charge is 0.247 e. The van der Waals surface area contributed by atoms with Gasteiger partial charge in [-0.15, -0.1) is 22.0 Å². The first-order valence-corrected chi connectivity index (χ1v) is 14.4. The van der Waals surface area contributed by atoms with Crippen LogP contribution in [0.2, 0.25) is 0 Å². The SMILES string of the molecule is C\C1=N/C(N2CCC(c3nnc(-c4ccc(C)cc4)o3)CC2)=N\C(NC2CCCCC2)=C(/C)SCC1. The summed E-state index contributed by atoms with van der Waals surface area (Å²) in [5.74, 6) is 4.52. The number of hydrogen-bond acceptors (Lipinski definition) is 8. The Morgan fingerprint density at radius 3 is 2.42 bits per heavy atom. The molecule has 0 amide bonds. The molecular weight excluding hydrogens is 468 g/mol. The Labute approximate surface area is 219 Å². The van der Waals surface area contributed by atoms with Crippen LogP contribution in [-0.4, -0.2) is 51.7 Å². The number of piperidine rings is 1. The number of thioether (sulfide) groups is 1. The highest BCUT2D eigenvalue weighted by atomic mass is 32.2. The number of hydrogen-bond donors (Lipinski definition) is 1. The topological polar surface area (TPSA) is 78.9 Å². The van der Waals surface area contributed by atoms with Crippen LogP contribution in [0.15, 0.2) is 49.4 Å². The highest BCUT2D eigenvalue weighted by molar-refractivity contribution is 8.03. The molecule has 3 aliphatic rings. The average molecular weight is 507 g/mol. The third kappa shape index (κ3) is 6.20. The minimum absolute atomic E-state index is 0.266. The van der Waals surface area contributed by atoms with Crippen molar-refractivity contribution in [1.82, 2.24) is 20.4 Å². The summed E-state index contributed by atoms with van der Waals surface area (Å²) in [4.78, 5) is 13.8. The number of likely N-dealkylation sites (tertiary alicyclic amines) is 1. The zero-order valence-electron chi connectivity index (χ0n) is 21.8. The maximum atomic E-state index is 6.10. The Kier molecular flexibility index (Phi) is 8.09. The van der Waals surface area contributed by atoms with E-state index in [1.54, 1.807) is 0 Å². The Morgan fingerprint density at radius 1 is 0.917 bits per heavy atom. The lowest BCUT2D eigenvalue weighted by Gasteiger charge is -2.32. The van der Waals surface area contributed by atoms with Crippen LogP contribution in [0, 0.1) is 6.92 Å². The molecule has 0 atom stereocenters. The molecule has 1 aromatic heterocycles. The number of benzene rings is 1. The van der Waals surface area contributed by atoms with Crippen LogP contribution >= 0.6 is 11.8 Å². The molecule has 1 aliphatic carbocycles. The Hall–Kier alpha value is -2.61. The van der Waals surface area contributed by atoms with Gasteiger partial charge in [-0.3, -0.25) is 0 Å². The first-order valence-electron chi connectivity index (χ1n) is 13.4. The Bertz CT molecular complexity index is 1120. The molecule has 3 heterocycles. The molecule has 36 heavy (non-hydrogen) atoms. The quantitative estimate of drug-likeness (QED) is 0.525. The number of allylic oxidation sites excluding steroid dienone is 1. The van der Waals surface area contributed by atoms with E-state index in [1.807, 2.05) is 23.9 Å². The summed E-state index contributed by atoms with van der Waals surface area (Å²) >= 11 is 1.90. The van der Waals surface area contributed by atoms with Crippen molar-refractivity contribution in [2.45, 2.75) is 84.1 Å². The third-order valence-electron chi connectivity index (χ3n) is 7.43. The molecule has 0 spiro atoms. The summed E-state index contributed by atoms with van der Waals surface area (Å²) in [6.45, 7) is 8.17. The number of nitrogens with one attached hydrogen (secondary N) is 1. The van der Waals surface area contributed by atoms with E-state index in [0.29, 0.717) is 11.9 Å². The zero-order valence-corrected chi connectivity index (χ0v) is 22.6. The van der Waals surface area contributed by atoms with Gasteiger partial charge in [0.25, 0.3) is 0 Å². The zero-order chi connectivity index (χ0) is 24.9. The molecule has 7 nitrogen and oxygen atoms in total. The van der Waals surface area contributed by atoms with Gasteiger partial charge in [-0.25, -0.2) is 4.99 Å². The van der Waals surface area contributed by atoms with E-state index in [-0.39, 0.29) is 5.92 Å². The van der Waals surface area contributed by atoms with Gasteiger partial charge in [-0.05, 0) is 65.0 Å². The summed E-state index contributed by atoms with van der Waals surface area (Å²) in [6.07, 6.45) is 9.31. The Morgan fingerprint density at radius 2 is 1.67 bits per heavy atom. The van der Waals surface area contributed by atoms with Gasteiger partial charge in [0.15, 0.2) is 0 Å². The van der Waals surface area contributed by atoms with Crippen molar-refractivity contribution in [3.05, 3.63) is 46.4 Å². The van der Waals surface area contributed by atoms with E-state index in [9.17, 15) is 0 Å². The van der Waals surface area contributed by atoms with Crippen molar-refractivity contribution in [2.75, 3.05) is 18.8 Å². The van der Waals surface area contributed by atoms with Crippen molar-refractivity contribution in [2.24, 2.45) is 9.98 Å². The number of rotatable bonds is 4. The molecular formula is C28H38N6OS. The number of nitrogens with zero attached hydrogens (tertiary/aromatic N) is 5. The molecule has 8 heteroatoms. The number of guanidine groups is 1. The summed E-state index contributed by atoms with van der Waals surface area (Å²) in [6, 6.07) is 8.75. The van der Waals surface area contributed by atoms with Crippen LogP contribution in [0.4, 0.5) is 0 Å². The van der Waals surface area contributed by atoms with E-state index >= 15 is 0 Å². The van der Waals surface area contributed by atoms with Crippen molar-refractivity contribution in [3.63, 3.8) is 0 Å². The second-order valence-electron chi connectivity index (χ2n) is 10.3. The number of aryl methyl sites for hydroxylation is 1. The average Bonchev–Trinajstić information content (AvgIpc) is 3.40. The highest BCUT2D eigenvalue weighted by Gasteiger charge is 2.28. The van der Waals surface area contributed by atoms with Gasteiger partial charge in [0.05, 0.1) is 0 Å². The van der Waals surface area contributed by atoms with E-state index < -0.39 is 0 Å². The number of aromatic nitrogens is 2. The summed E-state index contributed by atoms with van der Waals surface area (Å²) in [7, 11) is 0. The van der Waals surface area contributed by atoms with Crippen molar-refractivity contribution >= 4 is 23.4 Å². The lowest BCUT2D eigenvalue weighted by atomic mass is 9.95. The largest absolute Gasteiger partial charge is 0.420 e. The molecule has 0 bridgehead atoms. The lowest BCUT2D eigenvalue weighted by Crippen LogP contribution is -2.38. The first kappa shape index (κ1) is 25.1. The first-order chi connectivity index (χ1) is 17.5. The van der Waals surface area contributed by atoms with Crippen molar-refractivity contribution < 1.29 is 4.42 Å². The molecule has 1 saturated heterocycles. The highest BCUT2D eigenvalue weighted by Crippen LogP contribution is 2.31. The van der Waals surface area contributed by atoms with Crippen LogP contribution in [0.1, 0.15) is 82.6 Å². The predicted molar refractivity (Wildman–Crippen MR) is 148 cm³/mol. The molecule has 2 aliphatic heterocycles. The van der Waals surface area contributed by atoms with Gasteiger partial charge in [0.2, 0.25) is 17.7 Å². The molecule has 2 aromatic rings. The van der Waals surface area contributed by atoms with Gasteiger partial charge < -0.3 is 14.6 Å². The van der Waals surface area contributed by atoms with E-state index in [4.69, 9.17) is 14.4 Å². The Balaban J connectivity index is 1.29. The maximum Gasteiger partial charge on any atom is 0.247 e. The summed E-state index contributed by atoms with van der Waals surface area (Å²) in [5.41, 5.74) is 3.34. The maximum absolute atomic E-state index is 6.10. The van der Waals surface area contributed by atoms with Crippen LogP contribution in [-0.2, 0) is 0 Å². The van der Waals surface area contributed by atoms with Crippen LogP contribution in [0.3, 0.4) is 0 Å². The molecule has 192 valence electrons. The summed E-state index contributed by atoms with van der Waals surface area (Å²) in [5, 5.41) is 12.5. The second-order valence-corrected chi connectivity index (χ2v) is 11.6. The molecule has 0 unspecified atom stereocenters. The number of aliphatic imine (C=N–C) groups is 2. The minimum atomic E-state index is 0.266. The molecule has 1 N–H and O–H groups in total. The van der Waals surface area contributed by atoms with Gasteiger partial charge in [0.1, 0.15) is 5.82 Å². The minimum Gasteiger partial charge on any atom is -0.420 e. The predicted octanol–water partition coefficient (Wildman–Crippen LogP) is 6.29. The lowest BCUT2D eigenvalue weighted by molar-refractivity contribution is 0.282. The standard InChI is InChI=1S/C28H38N6OS/c1-19-9-11-22(12-10-19)26-32-33-27(35-26)23-13-16-34(17-14-23)28-29-20(2)15-18-36-21(3)25(31-28)30-24-7-5-4-6-8-24/h9-12,23-24,30H,4-8,13-18H2,1-3H3/b25-21+,29-20+,31-28+. The fourth-order valence-corrected chi connectivity index (χ4v) is 6.05. The van der Waals surface area contributed by atoms with E-state index in [2.05, 4.69) is 53.3 Å². The fourth-order valence-electron chi connectivity index (χ4n) is 5.10. The van der Waals surface area contributed by atoms with Crippen LogP contribution in [0.5, 0.6) is 0 Å². The van der Waals surface area contributed by atoms with Gasteiger partial charge >= 0.3 is 0 Å². The van der Waals surface area contributed by atoms with Gasteiger partial charge in [0, 0.05) is 47.0 Å². The molecule has 0 radical (unpaired) electrons.